The molecule has 0 saturated carbocycles. The Kier molecular flexibility index (Phi) is 5.77. The number of hydrogen-bond acceptors (Lipinski definition) is 5. The first-order chi connectivity index (χ1) is 11.4. The van der Waals surface area contributed by atoms with E-state index in [4.69, 9.17) is 0 Å². The molecule has 0 aliphatic carbocycles. The lowest BCUT2D eigenvalue weighted by atomic mass is 9.73. The molecule has 1 aliphatic rings. The summed E-state index contributed by atoms with van der Waals surface area (Å²) in [5.74, 6) is -0.314. The van der Waals surface area contributed by atoms with Gasteiger partial charge in [-0.25, -0.2) is 4.98 Å². The highest BCUT2D eigenvalue weighted by atomic mass is 16.4. The normalized spacial score (nSPS) is 23.8. The van der Waals surface area contributed by atoms with E-state index in [9.17, 15) is 19.8 Å². The van der Waals surface area contributed by atoms with E-state index in [1.54, 1.807) is 6.20 Å². The highest BCUT2D eigenvalue weighted by Crippen LogP contribution is 2.37. The average Bonchev–Trinajstić information content (AvgIpc) is 2.55. The summed E-state index contributed by atoms with van der Waals surface area (Å²) in [6.07, 6.45) is 2.35. The van der Waals surface area contributed by atoms with Gasteiger partial charge in [0, 0.05) is 32.8 Å². The van der Waals surface area contributed by atoms with Gasteiger partial charge in [-0.3, -0.25) is 9.59 Å². The number of carbonyl (C=O) groups is 2. The standard InChI is InChI=1S/C17H25N3O4/c1-3-6-17(16(23)24)7-8-20(11-14(17)22)15-5-4-13(10-19-15)9-18-12(2)21/h4-5,10,14,22H,3,6-9,11H2,1-2H3,(H,18,21)(H,23,24)/t14-,17-/m0/s1. The fourth-order valence-electron chi connectivity index (χ4n) is 3.21. The molecule has 0 aromatic carbocycles. The van der Waals surface area contributed by atoms with Crippen molar-refractivity contribution in [1.82, 2.24) is 10.3 Å². The second kappa shape index (κ2) is 7.61. The molecule has 7 nitrogen and oxygen atoms in total. The lowest BCUT2D eigenvalue weighted by Crippen LogP contribution is -2.55. The molecule has 132 valence electrons. The fraction of sp³-hybridized carbons (Fsp3) is 0.588. The van der Waals surface area contributed by atoms with Crippen LogP contribution in [0.2, 0.25) is 0 Å². The number of carboxylic acid groups (broad SMARTS) is 1. The molecule has 24 heavy (non-hydrogen) atoms. The van der Waals surface area contributed by atoms with E-state index in [1.165, 1.54) is 6.92 Å². The van der Waals surface area contributed by atoms with Gasteiger partial charge in [0.25, 0.3) is 0 Å². The van der Waals surface area contributed by atoms with E-state index < -0.39 is 17.5 Å². The number of rotatable bonds is 6. The summed E-state index contributed by atoms with van der Waals surface area (Å²) in [4.78, 5) is 28.9. The molecule has 7 heteroatoms. The quantitative estimate of drug-likeness (QED) is 0.721. The number of aliphatic hydroxyl groups excluding tert-OH is 1. The van der Waals surface area contributed by atoms with Gasteiger partial charge in [-0.15, -0.1) is 0 Å². The Morgan fingerprint density at radius 1 is 1.46 bits per heavy atom. The van der Waals surface area contributed by atoms with Crippen LogP contribution in [0.4, 0.5) is 5.82 Å². The van der Waals surface area contributed by atoms with Crippen LogP contribution in [0, 0.1) is 5.41 Å². The number of hydrogen-bond donors (Lipinski definition) is 3. The number of carboxylic acids is 1. The Morgan fingerprint density at radius 2 is 2.21 bits per heavy atom. The lowest BCUT2D eigenvalue weighted by Gasteiger charge is -2.43. The van der Waals surface area contributed by atoms with E-state index in [0.29, 0.717) is 31.7 Å². The van der Waals surface area contributed by atoms with Gasteiger partial charge in [0.15, 0.2) is 0 Å². The SMILES string of the molecule is CCC[C@]1(C(=O)O)CCN(c2ccc(CNC(C)=O)cn2)C[C@@H]1O. The Hall–Kier alpha value is -2.15. The van der Waals surface area contributed by atoms with Gasteiger partial charge in [0.1, 0.15) is 5.82 Å². The molecule has 3 N–H and O–H groups in total. The van der Waals surface area contributed by atoms with Crippen molar-refractivity contribution in [1.29, 1.82) is 0 Å². The summed E-state index contributed by atoms with van der Waals surface area (Å²) in [5.41, 5.74) is -0.172. The minimum absolute atomic E-state index is 0.0980. The van der Waals surface area contributed by atoms with Crippen LogP contribution >= 0.6 is 0 Å². The van der Waals surface area contributed by atoms with Gasteiger partial charge in [0.05, 0.1) is 11.5 Å². The zero-order valence-electron chi connectivity index (χ0n) is 14.2. The summed E-state index contributed by atoms with van der Waals surface area (Å²) in [6.45, 7) is 4.61. The molecule has 0 radical (unpaired) electrons. The van der Waals surface area contributed by atoms with Crippen LogP contribution in [0.15, 0.2) is 18.3 Å². The number of nitrogens with one attached hydrogen (secondary N) is 1. The molecule has 1 amide bonds. The van der Waals surface area contributed by atoms with Gasteiger partial charge in [-0.1, -0.05) is 19.4 Å². The maximum absolute atomic E-state index is 11.7. The van der Waals surface area contributed by atoms with Crippen molar-refractivity contribution in [3.05, 3.63) is 23.9 Å². The molecule has 1 fully saturated rings. The molecular weight excluding hydrogens is 310 g/mol. The molecule has 1 aromatic rings. The Morgan fingerprint density at radius 3 is 2.71 bits per heavy atom. The second-order valence-electron chi connectivity index (χ2n) is 6.36. The van der Waals surface area contributed by atoms with E-state index in [-0.39, 0.29) is 12.5 Å². The van der Waals surface area contributed by atoms with E-state index in [1.807, 2.05) is 24.0 Å². The van der Waals surface area contributed by atoms with Crippen molar-refractivity contribution in [2.45, 2.75) is 45.8 Å². The first-order valence-electron chi connectivity index (χ1n) is 8.25. The van der Waals surface area contributed by atoms with Crippen LogP contribution in [0.25, 0.3) is 0 Å². The van der Waals surface area contributed by atoms with Crippen molar-refractivity contribution in [3.8, 4) is 0 Å². The summed E-state index contributed by atoms with van der Waals surface area (Å²) in [5, 5.41) is 22.7. The molecular formula is C17H25N3O4. The molecule has 0 spiro atoms. The Labute approximate surface area is 141 Å². The fourth-order valence-corrected chi connectivity index (χ4v) is 3.21. The van der Waals surface area contributed by atoms with Gasteiger partial charge in [-0.2, -0.15) is 0 Å². The van der Waals surface area contributed by atoms with Crippen molar-refractivity contribution in [2.24, 2.45) is 5.41 Å². The number of pyridine rings is 1. The molecule has 2 rings (SSSR count). The predicted molar refractivity (Wildman–Crippen MR) is 89.6 cm³/mol. The van der Waals surface area contributed by atoms with Crippen molar-refractivity contribution < 1.29 is 19.8 Å². The second-order valence-corrected chi connectivity index (χ2v) is 6.36. The van der Waals surface area contributed by atoms with Gasteiger partial charge in [0.2, 0.25) is 5.91 Å². The van der Waals surface area contributed by atoms with Crippen LogP contribution in [-0.4, -0.2) is 46.3 Å². The van der Waals surface area contributed by atoms with Crippen molar-refractivity contribution >= 4 is 17.7 Å². The summed E-state index contributed by atoms with van der Waals surface area (Å²) in [7, 11) is 0. The highest BCUT2D eigenvalue weighted by molar-refractivity contribution is 5.76. The number of β-amino-alcohol motifs (C(OH)–C–C–N with tert-alkyl or cyclic N) is 1. The Balaban J connectivity index is 2.05. The first-order valence-corrected chi connectivity index (χ1v) is 8.25. The van der Waals surface area contributed by atoms with Crippen molar-refractivity contribution in [2.75, 3.05) is 18.0 Å². The molecule has 1 aliphatic heterocycles. The largest absolute Gasteiger partial charge is 0.481 e. The van der Waals surface area contributed by atoms with E-state index in [0.717, 1.165) is 12.0 Å². The number of amides is 1. The summed E-state index contributed by atoms with van der Waals surface area (Å²) >= 11 is 0. The number of carbonyl (C=O) groups excluding carboxylic acids is 1. The minimum atomic E-state index is -1.06. The molecule has 0 unspecified atom stereocenters. The predicted octanol–water partition coefficient (Wildman–Crippen LogP) is 1.16. The van der Waals surface area contributed by atoms with Crippen molar-refractivity contribution in [3.63, 3.8) is 0 Å². The maximum atomic E-state index is 11.7. The maximum Gasteiger partial charge on any atom is 0.312 e. The summed E-state index contributed by atoms with van der Waals surface area (Å²) in [6, 6.07) is 3.70. The Bertz CT molecular complexity index is 590. The van der Waals surface area contributed by atoms with Crippen LogP contribution in [0.5, 0.6) is 0 Å². The number of aromatic nitrogens is 1. The highest BCUT2D eigenvalue weighted by Gasteiger charge is 2.48. The molecule has 2 heterocycles. The topological polar surface area (TPSA) is 103 Å². The first kappa shape index (κ1) is 18.2. The number of piperidine rings is 1. The molecule has 1 aromatic heterocycles. The van der Waals surface area contributed by atoms with Gasteiger partial charge >= 0.3 is 5.97 Å². The third-order valence-corrected chi connectivity index (χ3v) is 4.66. The molecule has 0 bridgehead atoms. The third-order valence-electron chi connectivity index (χ3n) is 4.66. The minimum Gasteiger partial charge on any atom is -0.481 e. The van der Waals surface area contributed by atoms with Crippen LogP contribution in [0.3, 0.4) is 0 Å². The monoisotopic (exact) mass is 335 g/mol. The zero-order chi connectivity index (χ0) is 17.7. The average molecular weight is 335 g/mol. The number of aliphatic carboxylic acids is 1. The number of anilines is 1. The number of aliphatic hydroxyl groups is 1. The van der Waals surface area contributed by atoms with Crippen LogP contribution in [-0.2, 0) is 16.1 Å². The third kappa shape index (κ3) is 3.84. The number of nitrogens with zero attached hydrogens (tertiary/aromatic N) is 2. The van der Waals surface area contributed by atoms with E-state index in [2.05, 4.69) is 10.3 Å². The van der Waals surface area contributed by atoms with E-state index >= 15 is 0 Å². The zero-order valence-corrected chi connectivity index (χ0v) is 14.2. The van der Waals surface area contributed by atoms with Crippen LogP contribution < -0.4 is 10.2 Å². The molecule has 1 saturated heterocycles. The molecule has 2 atom stereocenters. The lowest BCUT2D eigenvalue weighted by molar-refractivity contribution is -0.159. The summed E-state index contributed by atoms with van der Waals surface area (Å²) < 4.78 is 0. The van der Waals surface area contributed by atoms with Gasteiger partial charge < -0.3 is 20.4 Å². The van der Waals surface area contributed by atoms with Crippen LogP contribution in [0.1, 0.15) is 38.7 Å². The van der Waals surface area contributed by atoms with Gasteiger partial charge in [-0.05, 0) is 24.5 Å². The smallest absolute Gasteiger partial charge is 0.312 e.